The van der Waals surface area contributed by atoms with E-state index >= 15 is 0 Å². The molecule has 0 saturated carbocycles. The number of hydrogen-bond donors (Lipinski definition) is 0. The van der Waals surface area contributed by atoms with Crippen LogP contribution < -0.4 is 9.40 Å². The van der Waals surface area contributed by atoms with Crippen LogP contribution in [0.15, 0.2) is 42.7 Å². The number of aromatic nitrogens is 2. The van der Waals surface area contributed by atoms with Crippen molar-refractivity contribution in [3.63, 3.8) is 0 Å². The zero-order valence-corrected chi connectivity index (χ0v) is 22.5. The Labute approximate surface area is 210 Å². The molecular weight excluding hydrogens is 416 g/mol. The zero-order valence-electron chi connectivity index (χ0n) is 22.5. The first-order valence-corrected chi connectivity index (χ1v) is 14.7. The molecule has 0 amide bonds. The highest BCUT2D eigenvalue weighted by atomic mass is 16.7. The predicted molar refractivity (Wildman–Crippen MR) is 146 cm³/mol. The Bertz CT molecular complexity index is 709. The smallest absolute Gasteiger partial charge is 0.328 e. The number of aryl methyl sites for hydroxylation is 1. The Morgan fingerprint density at radius 3 is 1.68 bits per heavy atom. The Kier molecular flexibility index (Phi) is 16.3. The van der Waals surface area contributed by atoms with Crippen LogP contribution in [0.3, 0.4) is 0 Å². The average Bonchev–Trinajstić information content (AvgIpc) is 3.27. The minimum absolute atomic E-state index is 0.794. The first kappa shape index (κ1) is 28.5. The molecule has 0 aliphatic rings. The summed E-state index contributed by atoms with van der Waals surface area (Å²) >= 11 is 0. The lowest BCUT2D eigenvalue weighted by Crippen LogP contribution is -2.35. The van der Waals surface area contributed by atoms with Crippen molar-refractivity contribution >= 4 is 0 Å². The Hall–Kier alpha value is -1.77. The van der Waals surface area contributed by atoms with Gasteiger partial charge >= 0.3 is 5.82 Å². The Morgan fingerprint density at radius 2 is 1.12 bits per heavy atom. The van der Waals surface area contributed by atoms with Gasteiger partial charge in [-0.2, -0.15) is 0 Å². The molecular formula is C31H53N2O+. The van der Waals surface area contributed by atoms with Crippen molar-refractivity contribution in [2.75, 3.05) is 6.61 Å². The van der Waals surface area contributed by atoms with Crippen LogP contribution >= 0.6 is 0 Å². The molecule has 3 heteroatoms. The molecule has 0 unspecified atom stereocenters. The van der Waals surface area contributed by atoms with Crippen molar-refractivity contribution in [1.82, 2.24) is 4.73 Å². The Balaban J connectivity index is 1.70. The van der Waals surface area contributed by atoms with E-state index in [4.69, 9.17) is 4.84 Å². The predicted octanol–water partition coefficient (Wildman–Crippen LogP) is 8.93. The van der Waals surface area contributed by atoms with Crippen LogP contribution in [-0.2, 0) is 6.54 Å². The fourth-order valence-corrected chi connectivity index (χ4v) is 4.74. The van der Waals surface area contributed by atoms with Crippen molar-refractivity contribution in [3.8, 4) is 11.4 Å². The SMILES string of the molecule is CCCCCCCCCCCCOn1cc[n+](CCCCCCCCCC)c1-c1ccccc1. The number of rotatable bonds is 22. The van der Waals surface area contributed by atoms with Gasteiger partial charge in [0, 0.05) is 0 Å². The first-order chi connectivity index (χ1) is 16.9. The minimum Gasteiger partial charge on any atom is -0.335 e. The summed E-state index contributed by atoms with van der Waals surface area (Å²) < 4.78 is 4.39. The number of unbranched alkanes of at least 4 members (excludes halogenated alkanes) is 16. The molecule has 0 fully saturated rings. The maximum Gasteiger partial charge on any atom is 0.328 e. The maximum absolute atomic E-state index is 6.22. The molecule has 0 spiro atoms. The quantitative estimate of drug-likeness (QED) is 0.124. The topological polar surface area (TPSA) is 18.0 Å². The van der Waals surface area contributed by atoms with Crippen LogP contribution in [0.4, 0.5) is 0 Å². The second-order valence-corrected chi connectivity index (χ2v) is 10.00. The van der Waals surface area contributed by atoms with Crippen LogP contribution in [-0.4, -0.2) is 11.3 Å². The van der Waals surface area contributed by atoms with Gasteiger partial charge in [-0.1, -0.05) is 122 Å². The van der Waals surface area contributed by atoms with Gasteiger partial charge < -0.3 is 4.84 Å². The van der Waals surface area contributed by atoms with Gasteiger partial charge in [0.2, 0.25) is 0 Å². The van der Waals surface area contributed by atoms with E-state index in [1.54, 1.807) is 0 Å². The van der Waals surface area contributed by atoms with Gasteiger partial charge in [-0.3, -0.25) is 0 Å². The molecule has 3 nitrogen and oxygen atoms in total. The summed E-state index contributed by atoms with van der Waals surface area (Å²) in [4.78, 5) is 6.22. The Morgan fingerprint density at radius 1 is 0.618 bits per heavy atom. The summed E-state index contributed by atoms with van der Waals surface area (Å²) in [5.74, 6) is 1.18. The molecule has 0 radical (unpaired) electrons. The van der Waals surface area contributed by atoms with Gasteiger partial charge in [0.05, 0.1) is 12.1 Å². The summed E-state index contributed by atoms with van der Waals surface area (Å²) in [6, 6.07) is 10.7. The largest absolute Gasteiger partial charge is 0.335 e. The maximum atomic E-state index is 6.22. The van der Waals surface area contributed by atoms with Crippen LogP contribution in [0, 0.1) is 0 Å². The number of nitrogens with zero attached hydrogens (tertiary/aromatic N) is 2. The van der Waals surface area contributed by atoms with Crippen LogP contribution in [0.25, 0.3) is 11.4 Å². The highest BCUT2D eigenvalue weighted by Gasteiger charge is 2.20. The van der Waals surface area contributed by atoms with Gasteiger partial charge in [0.1, 0.15) is 12.8 Å². The molecule has 0 saturated heterocycles. The van der Waals surface area contributed by atoms with Crippen molar-refractivity contribution in [3.05, 3.63) is 42.7 Å². The third-order valence-electron chi connectivity index (χ3n) is 6.88. The second-order valence-electron chi connectivity index (χ2n) is 10.00. The molecule has 1 heterocycles. The van der Waals surface area contributed by atoms with Crippen LogP contribution in [0.2, 0.25) is 0 Å². The fourth-order valence-electron chi connectivity index (χ4n) is 4.74. The summed E-state index contributed by atoms with van der Waals surface area (Å²) in [6.07, 6.45) is 28.7. The molecule has 1 aromatic carbocycles. The second kappa shape index (κ2) is 19.5. The molecule has 192 valence electrons. The van der Waals surface area contributed by atoms with Gasteiger partial charge in [-0.05, 0) is 42.5 Å². The fraction of sp³-hybridized carbons (Fsp3) is 0.710. The number of hydrogen-bond acceptors (Lipinski definition) is 1. The molecule has 0 atom stereocenters. The van der Waals surface area contributed by atoms with Gasteiger partial charge in [0.25, 0.3) is 0 Å². The summed E-state index contributed by atoms with van der Waals surface area (Å²) in [5.41, 5.74) is 1.23. The lowest BCUT2D eigenvalue weighted by molar-refractivity contribution is -0.686. The van der Waals surface area contributed by atoms with E-state index in [-0.39, 0.29) is 0 Å². The van der Waals surface area contributed by atoms with Crippen molar-refractivity contribution in [2.45, 2.75) is 136 Å². The summed E-state index contributed by atoms with van der Waals surface area (Å²) in [6.45, 7) is 6.43. The molecule has 1 aromatic heterocycles. The highest BCUT2D eigenvalue weighted by Crippen LogP contribution is 2.16. The number of benzene rings is 1. The molecule has 0 bridgehead atoms. The van der Waals surface area contributed by atoms with Gasteiger partial charge in [-0.15, -0.1) is 0 Å². The highest BCUT2D eigenvalue weighted by molar-refractivity contribution is 5.51. The standard InChI is InChI=1S/C31H53N2O/c1-3-5-7-9-11-13-14-16-18-23-29-34-33-28-27-32(31(33)30-24-20-19-21-25-30)26-22-17-15-12-10-8-6-4-2/h19-21,24-25,27-28H,3-18,22-23,26,29H2,1-2H3/q+1. The first-order valence-electron chi connectivity index (χ1n) is 14.7. The third kappa shape index (κ3) is 12.1. The van der Waals surface area contributed by atoms with Gasteiger partial charge in [0.15, 0.2) is 6.20 Å². The van der Waals surface area contributed by atoms with Crippen molar-refractivity contribution in [2.24, 2.45) is 0 Å². The van der Waals surface area contributed by atoms with Gasteiger partial charge in [-0.25, -0.2) is 4.57 Å². The normalized spacial score (nSPS) is 11.2. The lowest BCUT2D eigenvalue weighted by atomic mass is 10.1. The molecule has 2 rings (SSSR count). The van der Waals surface area contributed by atoms with E-state index in [9.17, 15) is 0 Å². The van der Waals surface area contributed by atoms with E-state index in [2.05, 4.69) is 61.1 Å². The van der Waals surface area contributed by atoms with Crippen molar-refractivity contribution in [1.29, 1.82) is 0 Å². The number of imidazole rings is 1. The summed E-state index contributed by atoms with van der Waals surface area (Å²) in [5, 5.41) is 0. The van der Waals surface area contributed by atoms with E-state index in [1.165, 1.54) is 121 Å². The zero-order chi connectivity index (χ0) is 24.1. The molecule has 34 heavy (non-hydrogen) atoms. The summed E-state index contributed by atoms with van der Waals surface area (Å²) in [7, 11) is 0. The van der Waals surface area contributed by atoms with Crippen LogP contribution in [0.1, 0.15) is 129 Å². The third-order valence-corrected chi connectivity index (χ3v) is 6.88. The molecule has 0 aliphatic heterocycles. The van der Waals surface area contributed by atoms with E-state index in [0.29, 0.717) is 0 Å². The van der Waals surface area contributed by atoms with E-state index in [1.807, 2.05) is 4.73 Å². The van der Waals surface area contributed by atoms with Crippen LogP contribution in [0.5, 0.6) is 0 Å². The molecule has 0 N–H and O–H groups in total. The monoisotopic (exact) mass is 469 g/mol. The molecule has 0 aliphatic carbocycles. The van der Waals surface area contributed by atoms with Crippen molar-refractivity contribution < 1.29 is 9.40 Å². The minimum atomic E-state index is 0.794. The lowest BCUT2D eigenvalue weighted by Gasteiger charge is -2.07. The van der Waals surface area contributed by atoms with E-state index < -0.39 is 0 Å². The van der Waals surface area contributed by atoms with E-state index in [0.717, 1.165) is 19.6 Å². The molecule has 2 aromatic rings. The average molecular weight is 470 g/mol.